The van der Waals surface area contributed by atoms with Gasteiger partial charge in [0.25, 0.3) is 0 Å². The van der Waals surface area contributed by atoms with Crippen molar-refractivity contribution in [2.45, 2.75) is 59.2 Å². The molecule has 1 saturated heterocycles. The van der Waals surface area contributed by atoms with E-state index in [1.165, 1.54) is 6.42 Å². The molecule has 0 aromatic carbocycles. The maximum Gasteiger partial charge on any atom is 0.0873 e. The second-order valence-corrected chi connectivity index (χ2v) is 4.84. The molecular formula is C13H24O. The van der Waals surface area contributed by atoms with Gasteiger partial charge in [-0.15, -0.1) is 0 Å². The Kier molecular flexibility index (Phi) is 3.10. The summed E-state index contributed by atoms with van der Waals surface area (Å²) in [5, 5.41) is 0. The van der Waals surface area contributed by atoms with E-state index in [2.05, 4.69) is 39.8 Å². The van der Waals surface area contributed by atoms with Gasteiger partial charge in [0, 0.05) is 0 Å². The summed E-state index contributed by atoms with van der Waals surface area (Å²) in [6.45, 7) is 12.7. The first-order chi connectivity index (χ1) is 6.49. The van der Waals surface area contributed by atoms with Crippen LogP contribution in [0.15, 0.2) is 12.2 Å². The Morgan fingerprint density at radius 1 is 1.14 bits per heavy atom. The highest BCUT2D eigenvalue weighted by molar-refractivity contribution is 5.19. The second kappa shape index (κ2) is 3.69. The standard InChI is InChI=1S/C11H18O.C2H6/c1-5-6-11(4)9-7-8(9)10(2,3)12-11;1-2/h5-6,8-9H,7H2,1-4H3;1-2H3/b6-5+;. The average molecular weight is 196 g/mol. The summed E-state index contributed by atoms with van der Waals surface area (Å²) >= 11 is 0. The van der Waals surface area contributed by atoms with E-state index in [1.54, 1.807) is 0 Å². The van der Waals surface area contributed by atoms with Crippen LogP contribution in [0, 0.1) is 11.8 Å². The van der Waals surface area contributed by atoms with Gasteiger partial charge in [-0.25, -0.2) is 0 Å². The van der Waals surface area contributed by atoms with Crippen LogP contribution in [0.4, 0.5) is 0 Å². The summed E-state index contributed by atoms with van der Waals surface area (Å²) in [5.41, 5.74) is 0.141. The molecule has 1 aliphatic heterocycles. The lowest BCUT2D eigenvalue weighted by molar-refractivity contribution is -0.0782. The first-order valence-electron chi connectivity index (χ1n) is 5.83. The summed E-state index contributed by atoms with van der Waals surface area (Å²) < 4.78 is 6.05. The number of hydrogen-bond donors (Lipinski definition) is 0. The third kappa shape index (κ3) is 1.75. The Morgan fingerprint density at radius 2 is 1.71 bits per heavy atom. The van der Waals surface area contributed by atoms with Crippen molar-refractivity contribution in [1.29, 1.82) is 0 Å². The van der Waals surface area contributed by atoms with E-state index < -0.39 is 0 Å². The third-order valence-corrected chi connectivity index (χ3v) is 3.40. The van der Waals surface area contributed by atoms with E-state index in [0.29, 0.717) is 0 Å². The van der Waals surface area contributed by atoms with Crippen molar-refractivity contribution < 1.29 is 4.74 Å². The Morgan fingerprint density at radius 3 is 2.00 bits per heavy atom. The summed E-state index contributed by atoms with van der Waals surface area (Å²) in [6.07, 6.45) is 5.68. The fourth-order valence-electron chi connectivity index (χ4n) is 2.80. The topological polar surface area (TPSA) is 9.23 Å². The first kappa shape index (κ1) is 11.8. The van der Waals surface area contributed by atoms with Gasteiger partial charge < -0.3 is 4.74 Å². The summed E-state index contributed by atoms with van der Waals surface area (Å²) in [4.78, 5) is 0. The van der Waals surface area contributed by atoms with Gasteiger partial charge in [-0.1, -0.05) is 26.0 Å². The van der Waals surface area contributed by atoms with Crippen LogP contribution in [0.25, 0.3) is 0 Å². The zero-order chi connectivity index (χ0) is 11.0. The van der Waals surface area contributed by atoms with Crippen LogP contribution in [0.2, 0.25) is 0 Å². The van der Waals surface area contributed by atoms with E-state index in [4.69, 9.17) is 4.74 Å². The number of rotatable bonds is 1. The second-order valence-electron chi connectivity index (χ2n) is 4.84. The number of ether oxygens (including phenoxy) is 1. The molecular weight excluding hydrogens is 172 g/mol. The molecule has 14 heavy (non-hydrogen) atoms. The van der Waals surface area contributed by atoms with Crippen molar-refractivity contribution in [1.82, 2.24) is 0 Å². The fraction of sp³-hybridized carbons (Fsp3) is 0.846. The minimum Gasteiger partial charge on any atom is -0.365 e. The molecule has 2 aliphatic rings. The molecule has 0 N–H and O–H groups in total. The lowest BCUT2D eigenvalue weighted by atomic mass is 9.99. The number of allylic oxidation sites excluding steroid dienone is 1. The van der Waals surface area contributed by atoms with E-state index in [-0.39, 0.29) is 11.2 Å². The Bertz CT molecular complexity index is 229. The largest absolute Gasteiger partial charge is 0.365 e. The molecule has 1 heterocycles. The van der Waals surface area contributed by atoms with Crippen molar-refractivity contribution in [2.24, 2.45) is 11.8 Å². The minimum atomic E-state index is 0.0307. The molecule has 82 valence electrons. The molecule has 2 fully saturated rings. The monoisotopic (exact) mass is 196 g/mol. The molecule has 0 radical (unpaired) electrons. The van der Waals surface area contributed by atoms with Gasteiger partial charge in [0.05, 0.1) is 11.2 Å². The molecule has 3 unspecified atom stereocenters. The highest BCUT2D eigenvalue weighted by atomic mass is 16.5. The molecule has 1 nitrogen and oxygen atoms in total. The maximum absolute atomic E-state index is 6.05. The molecule has 0 spiro atoms. The minimum absolute atomic E-state index is 0.0307. The van der Waals surface area contributed by atoms with Crippen molar-refractivity contribution >= 4 is 0 Å². The van der Waals surface area contributed by atoms with Gasteiger partial charge in [-0.05, 0) is 46.0 Å². The van der Waals surface area contributed by atoms with E-state index in [1.807, 2.05) is 13.8 Å². The predicted octanol–water partition coefficient (Wildman–Crippen LogP) is 3.79. The molecule has 0 aromatic heterocycles. The van der Waals surface area contributed by atoms with Crippen LogP contribution in [-0.4, -0.2) is 11.2 Å². The quantitative estimate of drug-likeness (QED) is 0.580. The highest BCUT2D eigenvalue weighted by Gasteiger charge is 2.64. The van der Waals surface area contributed by atoms with Crippen LogP contribution >= 0.6 is 0 Å². The molecule has 0 bridgehead atoms. The maximum atomic E-state index is 6.05. The van der Waals surface area contributed by atoms with Gasteiger partial charge in [-0.2, -0.15) is 0 Å². The van der Waals surface area contributed by atoms with E-state index in [0.717, 1.165) is 11.8 Å². The van der Waals surface area contributed by atoms with Gasteiger partial charge in [0.1, 0.15) is 0 Å². The van der Waals surface area contributed by atoms with Crippen molar-refractivity contribution in [2.75, 3.05) is 0 Å². The zero-order valence-corrected chi connectivity index (χ0v) is 10.4. The van der Waals surface area contributed by atoms with E-state index >= 15 is 0 Å². The summed E-state index contributed by atoms with van der Waals surface area (Å²) in [6, 6.07) is 0. The fourth-order valence-corrected chi connectivity index (χ4v) is 2.80. The Balaban J connectivity index is 0.000000461. The lowest BCUT2D eigenvalue weighted by Crippen LogP contribution is -2.32. The highest BCUT2D eigenvalue weighted by Crippen LogP contribution is 2.62. The SMILES string of the molecule is C/C=C/C1(C)OC(C)(C)C2CC21.CC. The molecule has 3 atom stereocenters. The van der Waals surface area contributed by atoms with Gasteiger partial charge in [-0.3, -0.25) is 0 Å². The molecule has 0 aromatic rings. The molecule has 1 heteroatoms. The van der Waals surface area contributed by atoms with Gasteiger partial charge in [0.2, 0.25) is 0 Å². The van der Waals surface area contributed by atoms with Crippen molar-refractivity contribution in [3.63, 3.8) is 0 Å². The molecule has 1 saturated carbocycles. The third-order valence-electron chi connectivity index (χ3n) is 3.40. The van der Waals surface area contributed by atoms with Gasteiger partial charge >= 0.3 is 0 Å². The molecule has 1 aliphatic carbocycles. The first-order valence-corrected chi connectivity index (χ1v) is 5.83. The van der Waals surface area contributed by atoms with Crippen molar-refractivity contribution in [3.8, 4) is 0 Å². The average Bonchev–Trinajstić information content (AvgIpc) is 2.82. The van der Waals surface area contributed by atoms with Crippen LogP contribution < -0.4 is 0 Å². The Hall–Kier alpha value is -0.300. The normalized spacial score (nSPS) is 43.0. The number of hydrogen-bond acceptors (Lipinski definition) is 1. The lowest BCUT2D eigenvalue weighted by Gasteiger charge is -2.29. The molecule has 0 amide bonds. The summed E-state index contributed by atoms with van der Waals surface area (Å²) in [7, 11) is 0. The predicted molar refractivity (Wildman–Crippen MR) is 61.3 cm³/mol. The van der Waals surface area contributed by atoms with Crippen molar-refractivity contribution in [3.05, 3.63) is 12.2 Å². The molecule has 2 rings (SSSR count). The van der Waals surface area contributed by atoms with Crippen LogP contribution in [0.3, 0.4) is 0 Å². The summed E-state index contributed by atoms with van der Waals surface area (Å²) in [5.74, 6) is 1.59. The van der Waals surface area contributed by atoms with Gasteiger partial charge in [0.15, 0.2) is 0 Å². The smallest absolute Gasteiger partial charge is 0.0873 e. The Labute approximate surface area is 88.5 Å². The number of fused-ring (bicyclic) bond motifs is 1. The van der Waals surface area contributed by atoms with E-state index in [9.17, 15) is 0 Å². The van der Waals surface area contributed by atoms with Crippen LogP contribution in [-0.2, 0) is 4.74 Å². The zero-order valence-electron chi connectivity index (χ0n) is 10.4. The van der Waals surface area contributed by atoms with Crippen LogP contribution in [0.1, 0.15) is 48.0 Å². The van der Waals surface area contributed by atoms with Crippen LogP contribution in [0.5, 0.6) is 0 Å².